The number of anilines is 1. The number of fused-ring (bicyclic) bond motifs is 1. The fraction of sp³-hybridized carbons (Fsp3) is 0.333. The molecule has 27 heavy (non-hydrogen) atoms. The quantitative estimate of drug-likeness (QED) is 0.645. The molecule has 3 aromatic carbocycles. The van der Waals surface area contributed by atoms with E-state index in [1.54, 1.807) is 7.11 Å². The van der Waals surface area contributed by atoms with Gasteiger partial charge in [-0.2, -0.15) is 0 Å². The lowest BCUT2D eigenvalue weighted by molar-refractivity contribution is 0.414. The minimum Gasteiger partial charge on any atom is -0.495 e. The maximum Gasteiger partial charge on any atom is 0.142 e. The van der Waals surface area contributed by atoms with Crippen LogP contribution >= 0.6 is 0 Å². The highest BCUT2D eigenvalue weighted by atomic mass is 16.5. The molecule has 1 N–H and O–H groups in total. The molecule has 1 aliphatic heterocycles. The van der Waals surface area contributed by atoms with Crippen LogP contribution in [0.4, 0.5) is 5.69 Å². The van der Waals surface area contributed by atoms with Crippen LogP contribution in [0, 0.1) is 0 Å². The molecular weight excluding hydrogens is 332 g/mol. The van der Waals surface area contributed by atoms with Gasteiger partial charge in [-0.05, 0) is 53.8 Å². The Balaban J connectivity index is 1.52. The summed E-state index contributed by atoms with van der Waals surface area (Å²) in [6.07, 6.45) is 2.54. The number of nitrogens with one attached hydrogen (secondary N) is 1. The van der Waals surface area contributed by atoms with E-state index in [0.29, 0.717) is 0 Å². The van der Waals surface area contributed by atoms with Gasteiger partial charge in [-0.25, -0.2) is 0 Å². The van der Waals surface area contributed by atoms with Gasteiger partial charge in [0.25, 0.3) is 0 Å². The van der Waals surface area contributed by atoms with Crippen LogP contribution in [-0.2, 0) is 6.54 Å². The molecule has 0 saturated carbocycles. The van der Waals surface area contributed by atoms with E-state index in [9.17, 15) is 0 Å². The first-order chi connectivity index (χ1) is 13.3. The van der Waals surface area contributed by atoms with Gasteiger partial charge >= 0.3 is 0 Å². The fourth-order valence-corrected chi connectivity index (χ4v) is 4.06. The Morgan fingerprint density at radius 1 is 1.00 bits per heavy atom. The summed E-state index contributed by atoms with van der Waals surface area (Å²) in [6.45, 7) is 5.33. The first kappa shape index (κ1) is 17.9. The van der Waals surface area contributed by atoms with E-state index >= 15 is 0 Å². The summed E-state index contributed by atoms with van der Waals surface area (Å²) in [5, 5.41) is 6.33. The standard InChI is InChI=1S/C24H28N2O/c1-18(21-11-7-9-20-8-3-4-10-22(20)21)25-17-19-12-13-24(27-2)23(16-19)26-14-5-6-15-26/h3-4,7-13,16,18,25H,5-6,14-15,17H2,1-2H3. The number of ether oxygens (including phenoxy) is 1. The normalized spacial score (nSPS) is 15.3. The minimum absolute atomic E-state index is 0.286. The smallest absolute Gasteiger partial charge is 0.142 e. The third-order valence-corrected chi connectivity index (χ3v) is 5.59. The van der Waals surface area contributed by atoms with Crippen molar-refractivity contribution in [2.75, 3.05) is 25.1 Å². The Morgan fingerprint density at radius 2 is 1.78 bits per heavy atom. The molecule has 140 valence electrons. The molecule has 1 aliphatic rings. The molecule has 0 aliphatic carbocycles. The highest BCUT2D eigenvalue weighted by Crippen LogP contribution is 2.32. The first-order valence-electron chi connectivity index (χ1n) is 9.89. The van der Waals surface area contributed by atoms with Crippen LogP contribution in [0.5, 0.6) is 5.75 Å². The summed E-state index contributed by atoms with van der Waals surface area (Å²) >= 11 is 0. The van der Waals surface area contributed by atoms with Gasteiger partial charge < -0.3 is 15.0 Å². The maximum atomic E-state index is 5.59. The second-order valence-electron chi connectivity index (χ2n) is 7.37. The van der Waals surface area contributed by atoms with Crippen LogP contribution in [0.1, 0.15) is 36.9 Å². The second-order valence-corrected chi connectivity index (χ2v) is 7.37. The van der Waals surface area contributed by atoms with E-state index in [-0.39, 0.29) is 6.04 Å². The zero-order valence-corrected chi connectivity index (χ0v) is 16.2. The van der Waals surface area contributed by atoms with Crippen molar-refractivity contribution in [1.82, 2.24) is 5.32 Å². The van der Waals surface area contributed by atoms with Crippen molar-refractivity contribution in [2.24, 2.45) is 0 Å². The average molecular weight is 361 g/mol. The van der Waals surface area contributed by atoms with Gasteiger partial charge in [0.1, 0.15) is 5.75 Å². The van der Waals surface area contributed by atoms with Crippen molar-refractivity contribution in [3.8, 4) is 5.75 Å². The molecule has 3 heteroatoms. The van der Waals surface area contributed by atoms with Gasteiger partial charge in [-0.3, -0.25) is 0 Å². The molecule has 0 amide bonds. The second kappa shape index (κ2) is 8.01. The number of rotatable bonds is 6. The van der Waals surface area contributed by atoms with Gasteiger partial charge in [-0.1, -0.05) is 48.5 Å². The highest BCUT2D eigenvalue weighted by Gasteiger charge is 2.17. The summed E-state index contributed by atoms with van der Waals surface area (Å²) in [4.78, 5) is 2.44. The van der Waals surface area contributed by atoms with Crippen LogP contribution in [0.2, 0.25) is 0 Å². The summed E-state index contributed by atoms with van der Waals surface area (Å²) in [5.41, 5.74) is 3.87. The molecule has 1 unspecified atom stereocenters. The van der Waals surface area contributed by atoms with Gasteiger partial charge in [0.05, 0.1) is 12.8 Å². The highest BCUT2D eigenvalue weighted by molar-refractivity contribution is 5.86. The van der Waals surface area contributed by atoms with Crippen molar-refractivity contribution < 1.29 is 4.74 Å². The van der Waals surface area contributed by atoms with Crippen molar-refractivity contribution in [2.45, 2.75) is 32.4 Å². The van der Waals surface area contributed by atoms with Crippen LogP contribution in [-0.4, -0.2) is 20.2 Å². The lowest BCUT2D eigenvalue weighted by atomic mass is 9.99. The van der Waals surface area contributed by atoms with E-state index in [0.717, 1.165) is 25.4 Å². The molecule has 1 atom stereocenters. The molecule has 1 fully saturated rings. The molecule has 3 nitrogen and oxygen atoms in total. The van der Waals surface area contributed by atoms with Crippen LogP contribution in [0.25, 0.3) is 10.8 Å². The minimum atomic E-state index is 0.286. The van der Waals surface area contributed by atoms with Gasteiger partial charge in [0.15, 0.2) is 0 Å². The summed E-state index contributed by atoms with van der Waals surface area (Å²) in [7, 11) is 1.76. The van der Waals surface area contributed by atoms with Crippen molar-refractivity contribution in [3.05, 3.63) is 71.8 Å². The summed E-state index contributed by atoms with van der Waals surface area (Å²) < 4.78 is 5.59. The van der Waals surface area contributed by atoms with E-state index in [2.05, 4.69) is 77.8 Å². The predicted molar refractivity (Wildman–Crippen MR) is 114 cm³/mol. The Bertz CT molecular complexity index is 910. The number of benzene rings is 3. The van der Waals surface area contributed by atoms with Gasteiger partial charge in [0, 0.05) is 25.7 Å². The number of hydrogen-bond acceptors (Lipinski definition) is 3. The molecule has 1 saturated heterocycles. The van der Waals surface area contributed by atoms with Gasteiger partial charge in [0.2, 0.25) is 0 Å². The molecular formula is C24H28N2O. The molecule has 0 aromatic heterocycles. The molecule has 0 bridgehead atoms. The predicted octanol–water partition coefficient (Wildman–Crippen LogP) is 5.30. The van der Waals surface area contributed by atoms with Crippen molar-refractivity contribution in [3.63, 3.8) is 0 Å². The van der Waals surface area contributed by atoms with Crippen molar-refractivity contribution >= 4 is 16.5 Å². The SMILES string of the molecule is COc1ccc(CNC(C)c2cccc3ccccc23)cc1N1CCCC1. The van der Waals surface area contributed by atoms with Crippen LogP contribution in [0.3, 0.4) is 0 Å². The third kappa shape index (κ3) is 3.79. The number of methoxy groups -OCH3 is 1. The van der Waals surface area contributed by atoms with E-state index in [4.69, 9.17) is 4.74 Å². The number of hydrogen-bond donors (Lipinski definition) is 1. The third-order valence-electron chi connectivity index (χ3n) is 5.59. The summed E-state index contributed by atoms with van der Waals surface area (Å²) in [5.74, 6) is 0.975. The Kier molecular flexibility index (Phi) is 5.30. The molecule has 0 spiro atoms. The fourth-order valence-electron chi connectivity index (χ4n) is 4.06. The van der Waals surface area contributed by atoms with E-state index < -0.39 is 0 Å². The number of nitrogens with zero attached hydrogens (tertiary/aromatic N) is 1. The van der Waals surface area contributed by atoms with Gasteiger partial charge in [-0.15, -0.1) is 0 Å². The summed E-state index contributed by atoms with van der Waals surface area (Å²) in [6, 6.07) is 22.0. The van der Waals surface area contributed by atoms with Crippen molar-refractivity contribution in [1.29, 1.82) is 0 Å². The molecule has 1 heterocycles. The zero-order chi connectivity index (χ0) is 18.6. The lowest BCUT2D eigenvalue weighted by Crippen LogP contribution is -2.20. The van der Waals surface area contributed by atoms with E-state index in [1.807, 2.05) is 0 Å². The Labute approximate surface area is 162 Å². The molecule has 0 radical (unpaired) electrons. The topological polar surface area (TPSA) is 24.5 Å². The lowest BCUT2D eigenvalue weighted by Gasteiger charge is -2.22. The maximum absolute atomic E-state index is 5.59. The molecule has 4 rings (SSSR count). The Hall–Kier alpha value is -2.52. The monoisotopic (exact) mass is 360 g/mol. The zero-order valence-electron chi connectivity index (χ0n) is 16.2. The van der Waals surface area contributed by atoms with Crippen LogP contribution < -0.4 is 15.0 Å². The average Bonchev–Trinajstić information content (AvgIpc) is 3.26. The van der Waals surface area contributed by atoms with Crippen LogP contribution in [0.15, 0.2) is 60.7 Å². The first-order valence-corrected chi connectivity index (χ1v) is 9.89. The largest absolute Gasteiger partial charge is 0.495 e. The van der Waals surface area contributed by atoms with E-state index in [1.165, 1.54) is 40.4 Å². The molecule has 3 aromatic rings. The Morgan fingerprint density at radius 3 is 2.59 bits per heavy atom.